The maximum atomic E-state index is 12.8. The number of carbonyl (C=O) groups excluding carboxylic acids is 1. The first-order chi connectivity index (χ1) is 13.9. The number of hydrogen-bond acceptors (Lipinski definition) is 5. The predicted octanol–water partition coefficient (Wildman–Crippen LogP) is 2.38. The average Bonchev–Trinajstić information content (AvgIpc) is 2.74. The molecule has 1 saturated heterocycles. The molecule has 1 aliphatic heterocycles. The largest absolute Gasteiger partial charge is 0.451 e. The van der Waals surface area contributed by atoms with Gasteiger partial charge in [-0.1, -0.05) is 30.3 Å². The first-order valence-corrected chi connectivity index (χ1v) is 10.8. The van der Waals surface area contributed by atoms with E-state index in [9.17, 15) is 18.0 Å². The number of nitrogens with one attached hydrogen (secondary N) is 1. The minimum Gasteiger partial charge on any atom is -0.451 e. The molecule has 150 valence electrons. The number of hydrogen-bond donors (Lipinski definition) is 1. The second-order valence-electron chi connectivity index (χ2n) is 6.97. The second-order valence-corrected chi connectivity index (χ2v) is 8.69. The number of nitrogens with zero attached hydrogens (tertiary/aromatic N) is 1. The van der Waals surface area contributed by atoms with Gasteiger partial charge in [0.1, 0.15) is 5.58 Å². The molecule has 2 heterocycles. The highest BCUT2D eigenvalue weighted by atomic mass is 32.2. The third kappa shape index (κ3) is 4.08. The molecule has 1 N–H and O–H groups in total. The van der Waals surface area contributed by atoms with Crippen LogP contribution < -0.4 is 10.2 Å². The van der Waals surface area contributed by atoms with Crippen molar-refractivity contribution < 1.29 is 17.6 Å². The van der Waals surface area contributed by atoms with E-state index in [0.29, 0.717) is 36.9 Å². The summed E-state index contributed by atoms with van der Waals surface area (Å²) in [5.41, 5.74) is 0.106. The van der Waals surface area contributed by atoms with Crippen LogP contribution in [0.15, 0.2) is 74.8 Å². The number of rotatable bonds is 4. The Morgan fingerprint density at radius 2 is 1.66 bits per heavy atom. The zero-order chi connectivity index (χ0) is 20.4. The number of likely N-dealkylation sites (tertiary alicyclic amines) is 1. The van der Waals surface area contributed by atoms with Gasteiger partial charge in [-0.05, 0) is 37.1 Å². The van der Waals surface area contributed by atoms with Crippen LogP contribution in [0.1, 0.15) is 23.4 Å². The average molecular weight is 412 g/mol. The van der Waals surface area contributed by atoms with Crippen molar-refractivity contribution in [2.75, 3.05) is 13.1 Å². The molecular formula is C21H20N2O5S. The molecule has 2 aromatic carbocycles. The normalized spacial score (nSPS) is 15.5. The summed E-state index contributed by atoms with van der Waals surface area (Å²) in [4.78, 5) is 26.8. The molecule has 0 saturated carbocycles. The van der Waals surface area contributed by atoms with E-state index >= 15 is 0 Å². The van der Waals surface area contributed by atoms with Crippen molar-refractivity contribution in [2.24, 2.45) is 0 Å². The fourth-order valence-corrected chi connectivity index (χ4v) is 4.78. The fourth-order valence-electron chi connectivity index (χ4n) is 3.45. The third-order valence-corrected chi connectivity index (χ3v) is 6.54. The zero-order valence-corrected chi connectivity index (χ0v) is 16.4. The molecule has 1 fully saturated rings. The van der Waals surface area contributed by atoms with Crippen LogP contribution in [0.3, 0.4) is 0 Å². The Morgan fingerprint density at radius 3 is 2.38 bits per heavy atom. The lowest BCUT2D eigenvalue weighted by Crippen LogP contribution is -2.46. The van der Waals surface area contributed by atoms with Crippen LogP contribution in [-0.4, -0.2) is 38.4 Å². The van der Waals surface area contributed by atoms with Crippen LogP contribution in [0.4, 0.5) is 0 Å². The summed E-state index contributed by atoms with van der Waals surface area (Å²) in [6.45, 7) is 0.745. The molecule has 4 rings (SSSR count). The predicted molar refractivity (Wildman–Crippen MR) is 108 cm³/mol. The van der Waals surface area contributed by atoms with E-state index in [4.69, 9.17) is 4.42 Å². The Balaban J connectivity index is 1.43. The standard InChI is InChI=1S/C21H20N2O5S/c24-18-14-20(28-19-9-5-4-8-17(18)19)21(25)23-12-10-15(11-13-23)22-29(26,27)16-6-2-1-3-7-16/h1-9,14-15,22H,10-13H2. The smallest absolute Gasteiger partial charge is 0.289 e. The van der Waals surface area contributed by atoms with Gasteiger partial charge in [0.2, 0.25) is 10.0 Å². The summed E-state index contributed by atoms with van der Waals surface area (Å²) < 4.78 is 33.2. The topological polar surface area (TPSA) is 96.7 Å². The van der Waals surface area contributed by atoms with E-state index in [1.165, 1.54) is 6.07 Å². The molecular weight excluding hydrogens is 392 g/mol. The van der Waals surface area contributed by atoms with Crippen molar-refractivity contribution in [1.29, 1.82) is 0 Å². The molecule has 1 amide bonds. The van der Waals surface area contributed by atoms with Crippen molar-refractivity contribution in [2.45, 2.75) is 23.8 Å². The molecule has 0 bridgehead atoms. The van der Waals surface area contributed by atoms with Crippen LogP contribution in [0.5, 0.6) is 0 Å². The monoisotopic (exact) mass is 412 g/mol. The molecule has 1 aliphatic rings. The quantitative estimate of drug-likeness (QED) is 0.710. The summed E-state index contributed by atoms with van der Waals surface area (Å²) in [5.74, 6) is -0.366. The van der Waals surface area contributed by atoms with Gasteiger partial charge in [-0.2, -0.15) is 0 Å². The summed E-state index contributed by atoms with van der Waals surface area (Å²) in [7, 11) is -3.59. The Bertz CT molecular complexity index is 1200. The van der Waals surface area contributed by atoms with Crippen molar-refractivity contribution in [1.82, 2.24) is 9.62 Å². The van der Waals surface area contributed by atoms with Gasteiger partial charge in [-0.25, -0.2) is 13.1 Å². The van der Waals surface area contributed by atoms with Gasteiger partial charge < -0.3 is 9.32 Å². The number of para-hydroxylation sites is 1. The van der Waals surface area contributed by atoms with Crippen LogP contribution in [-0.2, 0) is 10.0 Å². The van der Waals surface area contributed by atoms with Gasteiger partial charge in [0.15, 0.2) is 11.2 Å². The Hall–Kier alpha value is -2.97. The van der Waals surface area contributed by atoms with E-state index in [-0.39, 0.29) is 28.0 Å². The van der Waals surface area contributed by atoms with Gasteiger partial charge >= 0.3 is 0 Å². The SMILES string of the molecule is O=C(c1cc(=O)c2ccccc2o1)N1CCC(NS(=O)(=O)c2ccccc2)CC1. The molecule has 0 aliphatic carbocycles. The summed E-state index contributed by atoms with van der Waals surface area (Å²) in [6, 6.07) is 15.9. The Morgan fingerprint density at radius 1 is 1.00 bits per heavy atom. The number of amides is 1. The molecule has 7 nitrogen and oxygen atoms in total. The molecule has 8 heteroatoms. The molecule has 0 spiro atoms. The van der Waals surface area contributed by atoms with Gasteiger partial charge in [0.05, 0.1) is 10.3 Å². The first-order valence-electron chi connectivity index (χ1n) is 9.33. The fraction of sp³-hybridized carbons (Fsp3) is 0.238. The Labute approximate surface area is 168 Å². The van der Waals surface area contributed by atoms with Crippen LogP contribution in [0, 0.1) is 0 Å². The van der Waals surface area contributed by atoms with E-state index in [1.807, 2.05) is 0 Å². The van der Waals surface area contributed by atoms with Crippen LogP contribution in [0.25, 0.3) is 11.0 Å². The zero-order valence-electron chi connectivity index (χ0n) is 15.6. The minimum atomic E-state index is -3.59. The maximum Gasteiger partial charge on any atom is 0.289 e. The number of piperidine rings is 1. The third-order valence-electron chi connectivity index (χ3n) is 5.00. The lowest BCUT2D eigenvalue weighted by molar-refractivity contribution is 0.0679. The minimum absolute atomic E-state index is 0.00276. The molecule has 0 radical (unpaired) electrons. The molecule has 29 heavy (non-hydrogen) atoms. The number of fused-ring (bicyclic) bond motifs is 1. The van der Waals surface area contributed by atoms with Crippen LogP contribution >= 0.6 is 0 Å². The first kappa shape index (κ1) is 19.4. The van der Waals surface area contributed by atoms with Gasteiger partial charge in [0.25, 0.3) is 5.91 Å². The highest BCUT2D eigenvalue weighted by Gasteiger charge is 2.28. The lowest BCUT2D eigenvalue weighted by atomic mass is 10.1. The molecule has 0 unspecified atom stereocenters. The van der Waals surface area contributed by atoms with E-state index < -0.39 is 10.0 Å². The van der Waals surface area contributed by atoms with Crippen LogP contribution in [0.2, 0.25) is 0 Å². The summed E-state index contributed by atoms with van der Waals surface area (Å²) in [5, 5.41) is 0.429. The van der Waals surface area contributed by atoms with Gasteiger partial charge in [-0.3, -0.25) is 9.59 Å². The van der Waals surface area contributed by atoms with Gasteiger partial charge in [-0.15, -0.1) is 0 Å². The maximum absolute atomic E-state index is 12.8. The summed E-state index contributed by atoms with van der Waals surface area (Å²) >= 11 is 0. The Kier molecular flexibility index (Phi) is 5.21. The highest BCUT2D eigenvalue weighted by molar-refractivity contribution is 7.89. The van der Waals surface area contributed by atoms with E-state index in [2.05, 4.69) is 4.72 Å². The van der Waals surface area contributed by atoms with Gasteiger partial charge in [0, 0.05) is 25.2 Å². The molecule has 0 atom stereocenters. The van der Waals surface area contributed by atoms with Crippen molar-refractivity contribution >= 4 is 26.9 Å². The van der Waals surface area contributed by atoms with E-state index in [1.54, 1.807) is 59.5 Å². The summed E-state index contributed by atoms with van der Waals surface area (Å²) in [6.07, 6.45) is 0.964. The number of benzene rings is 2. The van der Waals surface area contributed by atoms with E-state index in [0.717, 1.165) is 0 Å². The molecule has 3 aromatic rings. The number of carbonyl (C=O) groups is 1. The number of sulfonamides is 1. The molecule has 1 aromatic heterocycles. The lowest BCUT2D eigenvalue weighted by Gasteiger charge is -2.31. The second kappa shape index (κ2) is 7.81. The van der Waals surface area contributed by atoms with Crippen molar-refractivity contribution in [3.63, 3.8) is 0 Å². The van der Waals surface area contributed by atoms with Crippen molar-refractivity contribution in [3.05, 3.63) is 76.6 Å². The highest BCUT2D eigenvalue weighted by Crippen LogP contribution is 2.18. The van der Waals surface area contributed by atoms with Crippen molar-refractivity contribution in [3.8, 4) is 0 Å².